The summed E-state index contributed by atoms with van der Waals surface area (Å²) in [5, 5.41) is 7.39. The molecule has 0 aliphatic rings. The minimum absolute atomic E-state index is 0.211. The molecule has 0 atom stereocenters. The Hall–Kier alpha value is -2.36. The number of rotatable bonds is 4. The van der Waals surface area contributed by atoms with Gasteiger partial charge in [0.15, 0.2) is 0 Å². The van der Waals surface area contributed by atoms with Gasteiger partial charge in [-0.25, -0.2) is 4.39 Å². The van der Waals surface area contributed by atoms with E-state index in [4.69, 9.17) is 15.9 Å². The van der Waals surface area contributed by atoms with Gasteiger partial charge in [-0.15, -0.1) is 0 Å². The summed E-state index contributed by atoms with van der Waals surface area (Å²) in [5.74, 6) is -0.238. The Balaban J connectivity index is 2.17. The van der Waals surface area contributed by atoms with Crippen LogP contribution in [0.15, 0.2) is 48.5 Å². The van der Waals surface area contributed by atoms with E-state index in [1.165, 1.54) is 18.2 Å². The Kier molecular flexibility index (Phi) is 3.57. The number of hydrogen-bond donors (Lipinski definition) is 2. The average Bonchev–Trinajstić information content (AvgIpc) is 2.38. The Labute approximate surface area is 105 Å². The summed E-state index contributed by atoms with van der Waals surface area (Å²) in [4.78, 5) is 0. The fourth-order valence-electron chi connectivity index (χ4n) is 1.57. The minimum Gasteiger partial charge on any atom is -0.488 e. The van der Waals surface area contributed by atoms with Gasteiger partial charge in [0.05, 0.1) is 5.56 Å². The van der Waals surface area contributed by atoms with E-state index in [1.54, 1.807) is 0 Å². The molecule has 0 saturated heterocycles. The minimum atomic E-state index is -0.438. The lowest BCUT2D eigenvalue weighted by Gasteiger charge is -2.10. The first-order valence-corrected chi connectivity index (χ1v) is 5.47. The lowest BCUT2D eigenvalue weighted by atomic mass is 10.1. The first kappa shape index (κ1) is 12.1. The topological polar surface area (TPSA) is 59.1 Å². The van der Waals surface area contributed by atoms with Crippen LogP contribution >= 0.6 is 0 Å². The maximum Gasteiger partial charge on any atom is 0.130 e. The third-order valence-electron chi connectivity index (χ3n) is 2.47. The lowest BCUT2D eigenvalue weighted by Crippen LogP contribution is -2.13. The van der Waals surface area contributed by atoms with E-state index >= 15 is 0 Å². The summed E-state index contributed by atoms with van der Waals surface area (Å²) in [6.07, 6.45) is 0. The van der Waals surface area contributed by atoms with Crippen LogP contribution in [-0.4, -0.2) is 5.84 Å². The van der Waals surface area contributed by atoms with Gasteiger partial charge in [-0.05, 0) is 23.8 Å². The summed E-state index contributed by atoms with van der Waals surface area (Å²) < 4.78 is 18.6. The van der Waals surface area contributed by atoms with Crippen LogP contribution in [0.3, 0.4) is 0 Å². The van der Waals surface area contributed by atoms with Gasteiger partial charge >= 0.3 is 0 Å². The zero-order valence-corrected chi connectivity index (χ0v) is 9.69. The number of nitrogens with two attached hydrogens (primary N) is 1. The van der Waals surface area contributed by atoms with Crippen molar-refractivity contribution >= 4 is 5.84 Å². The number of nitrogens with one attached hydrogen (secondary N) is 1. The number of nitrogen functional groups attached to an aromatic ring is 1. The van der Waals surface area contributed by atoms with Crippen molar-refractivity contribution in [1.82, 2.24) is 0 Å². The molecule has 0 aromatic heterocycles. The highest BCUT2D eigenvalue weighted by Crippen LogP contribution is 2.20. The normalized spacial score (nSPS) is 10.1. The molecule has 0 radical (unpaired) electrons. The molecular weight excluding hydrogens is 231 g/mol. The van der Waals surface area contributed by atoms with Crippen molar-refractivity contribution in [2.45, 2.75) is 6.61 Å². The highest BCUT2D eigenvalue weighted by Gasteiger charge is 2.08. The van der Waals surface area contributed by atoms with Crippen molar-refractivity contribution in [3.63, 3.8) is 0 Å². The van der Waals surface area contributed by atoms with Gasteiger partial charge in [0, 0.05) is 0 Å². The van der Waals surface area contributed by atoms with Crippen LogP contribution in [-0.2, 0) is 6.61 Å². The number of ether oxygens (including phenoxy) is 1. The first-order valence-electron chi connectivity index (χ1n) is 5.47. The van der Waals surface area contributed by atoms with Gasteiger partial charge in [0.25, 0.3) is 0 Å². The molecule has 0 spiro atoms. The third-order valence-corrected chi connectivity index (χ3v) is 2.47. The Morgan fingerprint density at radius 3 is 2.56 bits per heavy atom. The molecule has 3 nitrogen and oxygen atoms in total. The molecule has 0 heterocycles. The quantitative estimate of drug-likeness (QED) is 0.641. The second kappa shape index (κ2) is 5.31. The molecule has 0 saturated carbocycles. The molecule has 0 amide bonds. The molecule has 92 valence electrons. The fourth-order valence-corrected chi connectivity index (χ4v) is 1.57. The van der Waals surface area contributed by atoms with E-state index in [0.717, 1.165) is 5.56 Å². The summed E-state index contributed by atoms with van der Waals surface area (Å²) in [6, 6.07) is 13.6. The van der Waals surface area contributed by atoms with E-state index in [-0.39, 0.29) is 11.4 Å². The van der Waals surface area contributed by atoms with Crippen molar-refractivity contribution in [1.29, 1.82) is 5.41 Å². The number of hydrogen-bond acceptors (Lipinski definition) is 2. The van der Waals surface area contributed by atoms with Crippen LogP contribution < -0.4 is 10.5 Å². The first-order chi connectivity index (χ1) is 8.66. The molecule has 2 rings (SSSR count). The van der Waals surface area contributed by atoms with E-state index in [1.807, 2.05) is 30.3 Å². The largest absolute Gasteiger partial charge is 0.488 e. The number of benzene rings is 2. The Bertz CT molecular complexity index is 555. The van der Waals surface area contributed by atoms with E-state index in [2.05, 4.69) is 0 Å². The zero-order chi connectivity index (χ0) is 13.0. The molecular formula is C14H13FN2O. The third kappa shape index (κ3) is 2.85. The van der Waals surface area contributed by atoms with Crippen molar-refractivity contribution in [2.24, 2.45) is 5.73 Å². The van der Waals surface area contributed by atoms with Gasteiger partial charge in [0.1, 0.15) is 24.0 Å². The summed E-state index contributed by atoms with van der Waals surface area (Å²) >= 11 is 0. The predicted molar refractivity (Wildman–Crippen MR) is 68.2 cm³/mol. The average molecular weight is 244 g/mol. The molecule has 0 unspecified atom stereocenters. The number of amidine groups is 1. The van der Waals surface area contributed by atoms with Crippen LogP contribution in [0.25, 0.3) is 0 Å². The van der Waals surface area contributed by atoms with Crippen molar-refractivity contribution in [3.8, 4) is 5.75 Å². The number of halogens is 1. The second-order valence-electron chi connectivity index (χ2n) is 3.83. The van der Waals surface area contributed by atoms with Crippen LogP contribution in [0.4, 0.5) is 4.39 Å². The molecule has 0 bridgehead atoms. The Morgan fingerprint density at radius 1 is 1.17 bits per heavy atom. The van der Waals surface area contributed by atoms with E-state index in [0.29, 0.717) is 12.4 Å². The summed E-state index contributed by atoms with van der Waals surface area (Å²) in [5.41, 5.74) is 6.66. The summed E-state index contributed by atoms with van der Waals surface area (Å²) in [6.45, 7) is 0.354. The van der Waals surface area contributed by atoms with Crippen molar-refractivity contribution < 1.29 is 9.13 Å². The van der Waals surface area contributed by atoms with E-state index in [9.17, 15) is 4.39 Å². The predicted octanol–water partition coefficient (Wildman–Crippen LogP) is 2.69. The Morgan fingerprint density at radius 2 is 1.89 bits per heavy atom. The van der Waals surface area contributed by atoms with Crippen molar-refractivity contribution in [2.75, 3.05) is 0 Å². The smallest absolute Gasteiger partial charge is 0.130 e. The summed E-state index contributed by atoms with van der Waals surface area (Å²) in [7, 11) is 0. The molecule has 4 heteroatoms. The van der Waals surface area contributed by atoms with Crippen LogP contribution in [0, 0.1) is 11.2 Å². The molecule has 0 aliphatic heterocycles. The van der Waals surface area contributed by atoms with Gasteiger partial charge in [-0.3, -0.25) is 5.41 Å². The highest BCUT2D eigenvalue weighted by atomic mass is 19.1. The fraction of sp³-hybridized carbons (Fsp3) is 0.0714. The maximum atomic E-state index is 13.1. The maximum absolute atomic E-state index is 13.1. The monoisotopic (exact) mass is 244 g/mol. The molecule has 18 heavy (non-hydrogen) atoms. The molecule has 3 N–H and O–H groups in total. The van der Waals surface area contributed by atoms with Crippen LogP contribution in [0.1, 0.15) is 11.1 Å². The molecule has 2 aromatic rings. The molecule has 2 aromatic carbocycles. The van der Waals surface area contributed by atoms with Gasteiger partial charge in [0.2, 0.25) is 0 Å². The van der Waals surface area contributed by atoms with Crippen LogP contribution in [0.5, 0.6) is 5.75 Å². The zero-order valence-electron chi connectivity index (χ0n) is 9.69. The standard InChI is InChI=1S/C14H13FN2O/c15-11-6-7-13(12(8-11)14(16)17)18-9-10-4-2-1-3-5-10/h1-8H,9H2,(H3,16,17). The van der Waals surface area contributed by atoms with Gasteiger partial charge < -0.3 is 10.5 Å². The van der Waals surface area contributed by atoms with Crippen molar-refractivity contribution in [3.05, 3.63) is 65.5 Å². The molecule has 0 aliphatic carbocycles. The van der Waals surface area contributed by atoms with Crippen LogP contribution in [0.2, 0.25) is 0 Å². The SMILES string of the molecule is N=C(N)c1cc(F)ccc1OCc1ccccc1. The van der Waals surface area contributed by atoms with E-state index < -0.39 is 5.82 Å². The highest BCUT2D eigenvalue weighted by molar-refractivity contribution is 5.97. The lowest BCUT2D eigenvalue weighted by molar-refractivity contribution is 0.305. The second-order valence-corrected chi connectivity index (χ2v) is 3.83. The molecule has 0 fully saturated rings. The van der Waals surface area contributed by atoms with Gasteiger partial charge in [-0.2, -0.15) is 0 Å². The van der Waals surface area contributed by atoms with Gasteiger partial charge in [-0.1, -0.05) is 30.3 Å².